The molecule has 1 aromatic heterocycles. The number of benzene rings is 2. The number of amides is 1. The minimum Gasteiger partial charge on any atom is -0.481 e. The van der Waals surface area contributed by atoms with Crippen molar-refractivity contribution in [3.63, 3.8) is 0 Å². The van der Waals surface area contributed by atoms with E-state index >= 15 is 0 Å². The van der Waals surface area contributed by atoms with Crippen molar-refractivity contribution in [1.82, 2.24) is 15.8 Å². The maximum absolute atomic E-state index is 12.3. The summed E-state index contributed by atoms with van der Waals surface area (Å²) in [6, 6.07) is 22.9. The number of aromatic nitrogens is 1. The summed E-state index contributed by atoms with van der Waals surface area (Å²) in [6.07, 6.45) is 3.31. The first kappa shape index (κ1) is 15.9. The van der Waals surface area contributed by atoms with Crippen molar-refractivity contribution in [1.29, 1.82) is 0 Å². The third kappa shape index (κ3) is 3.28. The maximum atomic E-state index is 12.3. The summed E-state index contributed by atoms with van der Waals surface area (Å²) < 4.78 is 6.10. The van der Waals surface area contributed by atoms with E-state index in [1.165, 1.54) is 0 Å². The number of carbonyl (C=O) groups excluding carboxylic acids is 1. The molecule has 1 atom stereocenters. The van der Waals surface area contributed by atoms with Crippen molar-refractivity contribution >= 4 is 11.6 Å². The summed E-state index contributed by atoms with van der Waals surface area (Å²) >= 11 is 0. The van der Waals surface area contributed by atoms with E-state index in [0.29, 0.717) is 5.69 Å². The van der Waals surface area contributed by atoms with E-state index in [9.17, 15) is 4.79 Å². The van der Waals surface area contributed by atoms with Crippen LogP contribution in [0.3, 0.4) is 0 Å². The minimum absolute atomic E-state index is 0.236. The molecule has 4 rings (SSSR count). The molecule has 2 heterocycles. The van der Waals surface area contributed by atoms with Gasteiger partial charge in [0.15, 0.2) is 0 Å². The SMILES string of the molecule is O=C(NNC1=C[C@H](c2ccccc2)Oc2ccccc21)c1ccccn1. The van der Waals surface area contributed by atoms with Crippen molar-refractivity contribution in [2.24, 2.45) is 0 Å². The third-order valence-electron chi connectivity index (χ3n) is 4.09. The number of hydrogen-bond donors (Lipinski definition) is 2. The molecule has 0 bridgehead atoms. The highest BCUT2D eigenvalue weighted by molar-refractivity contribution is 5.92. The molecular formula is C21H17N3O2. The Hall–Kier alpha value is -3.60. The average molecular weight is 343 g/mol. The van der Waals surface area contributed by atoms with Crippen LogP contribution in [0.1, 0.15) is 27.7 Å². The van der Waals surface area contributed by atoms with Gasteiger partial charge >= 0.3 is 0 Å². The van der Waals surface area contributed by atoms with Gasteiger partial charge in [0.1, 0.15) is 17.5 Å². The number of fused-ring (bicyclic) bond motifs is 1. The molecule has 0 saturated heterocycles. The predicted octanol–water partition coefficient (Wildman–Crippen LogP) is 3.49. The summed E-state index contributed by atoms with van der Waals surface area (Å²) in [5.74, 6) is 0.463. The third-order valence-corrected chi connectivity index (χ3v) is 4.09. The van der Waals surface area contributed by atoms with Crippen LogP contribution >= 0.6 is 0 Å². The van der Waals surface area contributed by atoms with E-state index in [1.807, 2.05) is 60.7 Å². The number of nitrogens with zero attached hydrogens (tertiary/aromatic N) is 1. The Morgan fingerprint density at radius 2 is 1.69 bits per heavy atom. The normalized spacial score (nSPS) is 15.2. The Bertz CT molecular complexity index is 940. The molecule has 0 aliphatic carbocycles. The van der Waals surface area contributed by atoms with Gasteiger partial charge < -0.3 is 4.74 Å². The van der Waals surface area contributed by atoms with E-state index in [-0.39, 0.29) is 12.0 Å². The number of ether oxygens (including phenoxy) is 1. The zero-order chi connectivity index (χ0) is 17.8. The highest BCUT2D eigenvalue weighted by Gasteiger charge is 2.22. The van der Waals surface area contributed by atoms with Gasteiger partial charge in [-0.1, -0.05) is 48.5 Å². The van der Waals surface area contributed by atoms with E-state index in [1.54, 1.807) is 24.4 Å². The van der Waals surface area contributed by atoms with Crippen molar-refractivity contribution in [3.8, 4) is 5.75 Å². The second-order valence-corrected chi connectivity index (χ2v) is 5.82. The molecular weight excluding hydrogens is 326 g/mol. The van der Waals surface area contributed by atoms with Crippen LogP contribution in [-0.4, -0.2) is 10.9 Å². The number of hydrogen-bond acceptors (Lipinski definition) is 4. The average Bonchev–Trinajstić information content (AvgIpc) is 2.73. The fraction of sp³-hybridized carbons (Fsp3) is 0.0476. The van der Waals surface area contributed by atoms with Gasteiger partial charge in [-0.3, -0.25) is 20.6 Å². The van der Waals surface area contributed by atoms with Gasteiger partial charge in [0, 0.05) is 11.8 Å². The number of carbonyl (C=O) groups is 1. The smallest absolute Gasteiger partial charge is 0.288 e. The minimum atomic E-state index is -0.299. The summed E-state index contributed by atoms with van der Waals surface area (Å²) in [5, 5.41) is 0. The van der Waals surface area contributed by atoms with E-state index in [2.05, 4.69) is 15.8 Å². The molecule has 1 amide bonds. The lowest BCUT2D eigenvalue weighted by molar-refractivity contribution is 0.0937. The predicted molar refractivity (Wildman–Crippen MR) is 99.1 cm³/mol. The number of nitrogens with one attached hydrogen (secondary N) is 2. The molecule has 2 aromatic carbocycles. The van der Waals surface area contributed by atoms with Gasteiger partial charge in [-0.15, -0.1) is 0 Å². The summed E-state index contributed by atoms with van der Waals surface area (Å²) in [5.41, 5.74) is 8.78. The highest BCUT2D eigenvalue weighted by atomic mass is 16.5. The van der Waals surface area contributed by atoms with Gasteiger partial charge in [0.2, 0.25) is 0 Å². The molecule has 0 spiro atoms. The molecule has 128 valence electrons. The van der Waals surface area contributed by atoms with Crippen LogP contribution in [-0.2, 0) is 0 Å². The standard InChI is InChI=1S/C21H17N3O2/c25-21(17-11-6-7-13-22-17)24-23-18-14-20(15-8-2-1-3-9-15)26-19-12-5-4-10-16(18)19/h1-14,20,23H,(H,24,25)/t20-/m1/s1. The largest absolute Gasteiger partial charge is 0.481 e. The van der Waals surface area contributed by atoms with Crippen LogP contribution in [0, 0.1) is 0 Å². The number of pyridine rings is 1. The lowest BCUT2D eigenvalue weighted by Crippen LogP contribution is -2.37. The summed E-state index contributed by atoms with van der Waals surface area (Å²) in [4.78, 5) is 16.3. The Morgan fingerprint density at radius 3 is 2.50 bits per heavy atom. The molecule has 0 fully saturated rings. The van der Waals surface area contributed by atoms with Crippen molar-refractivity contribution in [3.05, 3.63) is 102 Å². The number of para-hydroxylation sites is 1. The zero-order valence-corrected chi connectivity index (χ0v) is 13.9. The molecule has 5 heteroatoms. The van der Waals surface area contributed by atoms with Gasteiger partial charge in [-0.25, -0.2) is 0 Å². The van der Waals surface area contributed by atoms with Gasteiger partial charge in [0.05, 0.1) is 5.70 Å². The maximum Gasteiger partial charge on any atom is 0.288 e. The Balaban J connectivity index is 1.59. The van der Waals surface area contributed by atoms with Gasteiger partial charge in [-0.05, 0) is 35.9 Å². The lowest BCUT2D eigenvalue weighted by atomic mass is 10.0. The van der Waals surface area contributed by atoms with Crippen molar-refractivity contribution in [2.75, 3.05) is 0 Å². The Morgan fingerprint density at radius 1 is 0.923 bits per heavy atom. The molecule has 0 unspecified atom stereocenters. The molecule has 1 aliphatic heterocycles. The molecule has 0 radical (unpaired) electrons. The molecule has 5 nitrogen and oxygen atoms in total. The molecule has 0 saturated carbocycles. The first-order chi connectivity index (χ1) is 12.8. The van der Waals surface area contributed by atoms with Crippen LogP contribution in [0.25, 0.3) is 5.70 Å². The number of hydrazine groups is 1. The molecule has 26 heavy (non-hydrogen) atoms. The zero-order valence-electron chi connectivity index (χ0n) is 13.9. The Labute approximate surface area is 151 Å². The number of rotatable bonds is 4. The molecule has 2 N–H and O–H groups in total. The van der Waals surface area contributed by atoms with Crippen LogP contribution in [0.15, 0.2) is 85.1 Å². The van der Waals surface area contributed by atoms with Crippen molar-refractivity contribution < 1.29 is 9.53 Å². The van der Waals surface area contributed by atoms with Crippen LogP contribution in [0.2, 0.25) is 0 Å². The van der Waals surface area contributed by atoms with E-state index < -0.39 is 0 Å². The summed E-state index contributed by atoms with van der Waals surface area (Å²) in [6.45, 7) is 0. The van der Waals surface area contributed by atoms with Gasteiger partial charge in [-0.2, -0.15) is 0 Å². The first-order valence-corrected chi connectivity index (χ1v) is 8.31. The van der Waals surface area contributed by atoms with E-state index in [4.69, 9.17) is 4.74 Å². The van der Waals surface area contributed by atoms with Crippen molar-refractivity contribution in [2.45, 2.75) is 6.10 Å². The summed E-state index contributed by atoms with van der Waals surface area (Å²) in [7, 11) is 0. The second kappa shape index (κ2) is 7.11. The van der Waals surface area contributed by atoms with Gasteiger partial charge in [0.25, 0.3) is 5.91 Å². The monoisotopic (exact) mass is 343 g/mol. The van der Waals surface area contributed by atoms with Crippen LogP contribution < -0.4 is 15.6 Å². The van der Waals surface area contributed by atoms with E-state index in [0.717, 1.165) is 22.6 Å². The fourth-order valence-electron chi connectivity index (χ4n) is 2.81. The van der Waals surface area contributed by atoms with Crippen LogP contribution in [0.5, 0.6) is 5.75 Å². The first-order valence-electron chi connectivity index (χ1n) is 8.31. The molecule has 3 aromatic rings. The quantitative estimate of drug-likeness (QED) is 0.712. The topological polar surface area (TPSA) is 63.2 Å². The fourth-order valence-corrected chi connectivity index (χ4v) is 2.81. The lowest BCUT2D eigenvalue weighted by Gasteiger charge is -2.26. The van der Waals surface area contributed by atoms with Crippen LogP contribution in [0.4, 0.5) is 0 Å². The second-order valence-electron chi connectivity index (χ2n) is 5.82. The Kier molecular flexibility index (Phi) is 4.35. The molecule has 1 aliphatic rings. The highest BCUT2D eigenvalue weighted by Crippen LogP contribution is 2.35.